The molecule has 1 atom stereocenters. The van der Waals surface area contributed by atoms with Gasteiger partial charge in [0.1, 0.15) is 11.6 Å². The van der Waals surface area contributed by atoms with Crippen molar-refractivity contribution in [2.24, 2.45) is 5.92 Å². The zero-order chi connectivity index (χ0) is 22.9. The van der Waals surface area contributed by atoms with Gasteiger partial charge in [0.05, 0.1) is 6.54 Å². The van der Waals surface area contributed by atoms with Crippen molar-refractivity contribution < 1.29 is 23.1 Å². The molecule has 4 rings (SSSR count). The Kier molecular flexibility index (Phi) is 6.13. The van der Waals surface area contributed by atoms with E-state index in [9.17, 15) is 18.4 Å². The lowest BCUT2D eigenvalue weighted by molar-refractivity contribution is -0.159. The number of nitrogens with one attached hydrogen (secondary N) is 1. The van der Waals surface area contributed by atoms with Gasteiger partial charge in [0.2, 0.25) is 11.8 Å². The Morgan fingerprint density at radius 3 is 2.59 bits per heavy atom. The number of carbonyl (C=O) groups excluding carboxylic acids is 2. The average Bonchev–Trinajstić information content (AvgIpc) is 3.61. The predicted molar refractivity (Wildman–Crippen MR) is 117 cm³/mol. The van der Waals surface area contributed by atoms with Crippen molar-refractivity contribution in [3.05, 3.63) is 42.1 Å². The summed E-state index contributed by atoms with van der Waals surface area (Å²) in [5, 5.41) is 2.83. The number of pyridine rings is 1. The maximum absolute atomic E-state index is 14.6. The van der Waals surface area contributed by atoms with Crippen molar-refractivity contribution in [1.29, 1.82) is 0 Å². The number of aryl methyl sites for hydroxylation is 1. The van der Waals surface area contributed by atoms with Gasteiger partial charge in [0.15, 0.2) is 6.10 Å². The van der Waals surface area contributed by atoms with Crippen LogP contribution in [0.15, 0.2) is 36.5 Å². The standard InChI is InChI=1S/C24H27F2N3O3/c1-3-22(30)29-11-9-20(24(25,26)14-29)32-19-7-6-17(12-15(19)2)18-8-10-27-21(13-18)28-23(31)16-4-5-16/h6-8,10,12-13,16,20H,3-5,9,11,14H2,1-2H3,(H,27,28,31)/t20-/m0/s1. The highest BCUT2D eigenvalue weighted by Crippen LogP contribution is 2.34. The maximum atomic E-state index is 14.6. The summed E-state index contributed by atoms with van der Waals surface area (Å²) in [6.07, 6.45) is 2.47. The third-order valence-corrected chi connectivity index (χ3v) is 5.93. The van der Waals surface area contributed by atoms with Gasteiger partial charge in [0.25, 0.3) is 0 Å². The Hall–Kier alpha value is -3.03. The molecule has 1 N–H and O–H groups in total. The third-order valence-electron chi connectivity index (χ3n) is 5.93. The molecule has 1 aromatic carbocycles. The van der Waals surface area contributed by atoms with E-state index < -0.39 is 18.6 Å². The molecule has 2 aliphatic rings. The number of carbonyl (C=O) groups is 2. The Morgan fingerprint density at radius 2 is 1.94 bits per heavy atom. The van der Waals surface area contributed by atoms with Gasteiger partial charge in [-0.25, -0.2) is 13.8 Å². The fraction of sp³-hybridized carbons (Fsp3) is 0.458. The summed E-state index contributed by atoms with van der Waals surface area (Å²) in [6, 6.07) is 8.98. The van der Waals surface area contributed by atoms with Gasteiger partial charge < -0.3 is 15.0 Å². The molecular formula is C24H27F2N3O3. The van der Waals surface area contributed by atoms with Gasteiger partial charge in [-0.05, 0) is 60.7 Å². The van der Waals surface area contributed by atoms with Gasteiger partial charge in [0, 0.05) is 31.5 Å². The van der Waals surface area contributed by atoms with Crippen LogP contribution in [0.1, 0.15) is 38.2 Å². The fourth-order valence-corrected chi connectivity index (χ4v) is 3.87. The summed E-state index contributed by atoms with van der Waals surface area (Å²) in [7, 11) is 0. The molecule has 1 saturated heterocycles. The molecule has 0 bridgehead atoms. The number of likely N-dealkylation sites (tertiary alicyclic amines) is 1. The van der Waals surface area contributed by atoms with Gasteiger partial charge in [-0.2, -0.15) is 0 Å². The smallest absolute Gasteiger partial charge is 0.301 e. The molecule has 8 heteroatoms. The second kappa shape index (κ2) is 8.84. The lowest BCUT2D eigenvalue weighted by atomic mass is 10.0. The number of anilines is 1. The van der Waals surface area contributed by atoms with Crippen molar-refractivity contribution in [3.8, 4) is 16.9 Å². The minimum atomic E-state index is -3.12. The molecule has 32 heavy (non-hydrogen) atoms. The SMILES string of the molecule is CCC(=O)N1CC[C@H](Oc2ccc(-c3ccnc(NC(=O)C4CC4)c3)cc2C)C(F)(F)C1. The molecule has 1 aliphatic carbocycles. The van der Waals surface area contributed by atoms with E-state index in [-0.39, 0.29) is 37.1 Å². The number of hydrogen-bond acceptors (Lipinski definition) is 4. The number of amides is 2. The largest absolute Gasteiger partial charge is 0.484 e. The summed E-state index contributed by atoms with van der Waals surface area (Å²) >= 11 is 0. The molecule has 2 fully saturated rings. The molecule has 2 aromatic rings. The van der Waals surface area contributed by atoms with E-state index in [0.29, 0.717) is 11.6 Å². The molecule has 0 radical (unpaired) electrons. The Bertz CT molecular complexity index is 1020. The van der Waals surface area contributed by atoms with Crippen LogP contribution in [-0.2, 0) is 9.59 Å². The van der Waals surface area contributed by atoms with Crippen LogP contribution in [0, 0.1) is 12.8 Å². The van der Waals surface area contributed by atoms with Crippen LogP contribution in [0.25, 0.3) is 11.1 Å². The summed E-state index contributed by atoms with van der Waals surface area (Å²) in [6.45, 7) is 3.12. The van der Waals surface area contributed by atoms with Crippen molar-refractivity contribution in [3.63, 3.8) is 0 Å². The first-order chi connectivity index (χ1) is 15.3. The van der Waals surface area contributed by atoms with Crippen LogP contribution in [0.2, 0.25) is 0 Å². The van der Waals surface area contributed by atoms with Crippen LogP contribution in [0.3, 0.4) is 0 Å². The number of alkyl halides is 2. The van der Waals surface area contributed by atoms with Crippen LogP contribution < -0.4 is 10.1 Å². The van der Waals surface area contributed by atoms with Crippen molar-refractivity contribution in [1.82, 2.24) is 9.88 Å². The highest BCUT2D eigenvalue weighted by Gasteiger charge is 2.47. The van der Waals surface area contributed by atoms with E-state index in [1.807, 2.05) is 19.1 Å². The summed E-state index contributed by atoms with van der Waals surface area (Å²) in [5.41, 5.74) is 2.46. The number of halogens is 2. The van der Waals surface area contributed by atoms with E-state index in [4.69, 9.17) is 4.74 Å². The predicted octanol–water partition coefficient (Wildman–Crippen LogP) is 4.43. The number of nitrogens with zero attached hydrogens (tertiary/aromatic N) is 2. The van der Waals surface area contributed by atoms with Gasteiger partial charge in [-0.3, -0.25) is 9.59 Å². The molecular weight excluding hydrogens is 416 g/mol. The van der Waals surface area contributed by atoms with E-state index in [0.717, 1.165) is 29.5 Å². The molecule has 0 spiro atoms. The first-order valence-corrected chi connectivity index (χ1v) is 11.0. The number of hydrogen-bond donors (Lipinski definition) is 1. The number of ether oxygens (including phenoxy) is 1. The Balaban J connectivity index is 1.46. The summed E-state index contributed by atoms with van der Waals surface area (Å²) in [4.78, 5) is 29.2. The van der Waals surface area contributed by atoms with Gasteiger partial charge in [-0.15, -0.1) is 0 Å². The third kappa shape index (κ3) is 4.89. The topological polar surface area (TPSA) is 71.5 Å². The molecule has 1 aliphatic heterocycles. The zero-order valence-corrected chi connectivity index (χ0v) is 18.2. The number of rotatable bonds is 6. The molecule has 6 nitrogen and oxygen atoms in total. The highest BCUT2D eigenvalue weighted by atomic mass is 19.3. The lowest BCUT2D eigenvalue weighted by Gasteiger charge is -2.38. The molecule has 1 saturated carbocycles. The Labute approximate surface area is 186 Å². The van der Waals surface area contributed by atoms with Crippen molar-refractivity contribution in [2.45, 2.75) is 51.6 Å². The van der Waals surface area contributed by atoms with Crippen LogP contribution in [-0.4, -0.2) is 46.8 Å². The maximum Gasteiger partial charge on any atom is 0.301 e. The minimum absolute atomic E-state index is 0.0119. The Morgan fingerprint density at radius 1 is 1.19 bits per heavy atom. The quantitative estimate of drug-likeness (QED) is 0.717. The van der Waals surface area contributed by atoms with E-state index in [1.54, 1.807) is 31.3 Å². The van der Waals surface area contributed by atoms with E-state index in [2.05, 4.69) is 10.3 Å². The number of aromatic nitrogens is 1. The second-order valence-corrected chi connectivity index (χ2v) is 8.50. The normalized spacial score (nSPS) is 20.0. The molecule has 0 unspecified atom stereocenters. The van der Waals surface area contributed by atoms with Crippen LogP contribution in [0.4, 0.5) is 14.6 Å². The van der Waals surface area contributed by atoms with Crippen molar-refractivity contribution >= 4 is 17.6 Å². The van der Waals surface area contributed by atoms with Gasteiger partial charge in [-0.1, -0.05) is 13.0 Å². The monoisotopic (exact) mass is 443 g/mol. The van der Waals surface area contributed by atoms with Crippen molar-refractivity contribution in [2.75, 3.05) is 18.4 Å². The van der Waals surface area contributed by atoms with Gasteiger partial charge >= 0.3 is 5.92 Å². The molecule has 1 aromatic heterocycles. The highest BCUT2D eigenvalue weighted by molar-refractivity contribution is 5.93. The minimum Gasteiger partial charge on any atom is -0.484 e. The van der Waals surface area contributed by atoms with Crippen LogP contribution in [0.5, 0.6) is 5.75 Å². The first-order valence-electron chi connectivity index (χ1n) is 11.0. The molecule has 2 heterocycles. The average molecular weight is 443 g/mol. The van der Waals surface area contributed by atoms with E-state index >= 15 is 0 Å². The molecule has 170 valence electrons. The summed E-state index contributed by atoms with van der Waals surface area (Å²) in [5.74, 6) is -2.43. The molecule has 2 amide bonds. The number of piperidine rings is 1. The fourth-order valence-electron chi connectivity index (χ4n) is 3.87. The van der Waals surface area contributed by atoms with Crippen LogP contribution >= 0.6 is 0 Å². The number of benzene rings is 1. The first kappa shape index (κ1) is 22.2. The lowest BCUT2D eigenvalue weighted by Crippen LogP contribution is -2.55. The van der Waals surface area contributed by atoms with E-state index in [1.165, 1.54) is 4.90 Å². The second-order valence-electron chi connectivity index (χ2n) is 8.50. The summed E-state index contributed by atoms with van der Waals surface area (Å²) < 4.78 is 35.0. The zero-order valence-electron chi connectivity index (χ0n) is 18.2.